The number of rotatable bonds is 2. The lowest BCUT2D eigenvalue weighted by atomic mass is 10.0. The van der Waals surface area contributed by atoms with Crippen LogP contribution in [0.25, 0.3) is 28.4 Å². The first-order valence-electron chi connectivity index (χ1n) is 9.80. The number of pyridine rings is 1. The molecule has 0 saturated heterocycles. The van der Waals surface area contributed by atoms with E-state index in [0.29, 0.717) is 11.5 Å². The van der Waals surface area contributed by atoms with Gasteiger partial charge in [-0.3, -0.25) is 4.40 Å². The van der Waals surface area contributed by atoms with Crippen LogP contribution in [0, 0.1) is 20.7 Å². The van der Waals surface area contributed by atoms with Crippen molar-refractivity contribution in [1.82, 2.24) is 14.0 Å². The van der Waals surface area contributed by atoms with E-state index in [-0.39, 0.29) is 5.69 Å². The maximum atomic E-state index is 7.69. The lowest BCUT2D eigenvalue weighted by molar-refractivity contribution is -0.649. The summed E-state index contributed by atoms with van der Waals surface area (Å²) in [5, 5.41) is 0. The van der Waals surface area contributed by atoms with Crippen LogP contribution in [-0.4, -0.2) is 14.0 Å². The van der Waals surface area contributed by atoms with Gasteiger partial charge in [-0.05, 0) is 38.4 Å². The highest BCUT2D eigenvalue weighted by atomic mass is 15.2. The van der Waals surface area contributed by atoms with E-state index in [1.54, 1.807) is 6.92 Å². The van der Waals surface area contributed by atoms with E-state index in [1.165, 1.54) is 11.1 Å². The van der Waals surface area contributed by atoms with E-state index < -0.39 is 6.85 Å². The number of fused-ring (bicyclic) bond motifs is 1. The van der Waals surface area contributed by atoms with Gasteiger partial charge in [0.1, 0.15) is 12.7 Å². The predicted molar refractivity (Wildman–Crippen MR) is 100 cm³/mol. The van der Waals surface area contributed by atoms with Crippen LogP contribution in [0.3, 0.4) is 0 Å². The summed E-state index contributed by atoms with van der Waals surface area (Å²) in [6.07, 6.45) is 1.96. The molecular weight excluding hydrogens is 308 g/mol. The number of aromatic nitrogens is 4. The van der Waals surface area contributed by atoms with E-state index in [9.17, 15) is 0 Å². The Kier molecular flexibility index (Phi) is 2.79. The Bertz CT molecular complexity index is 1200. The second-order valence-corrected chi connectivity index (χ2v) is 6.46. The van der Waals surface area contributed by atoms with Crippen LogP contribution in [0.1, 0.15) is 21.1 Å². The van der Waals surface area contributed by atoms with Crippen LogP contribution < -0.4 is 4.57 Å². The standard InChI is InChI=1S/C21H23N4/c1-14-9-6-7-10-17(14)18-11-8-12-19(23(18)4)20-13-25-16(3)15(2)22-21(25)24(20)5/h6-13H,1-5H3/q+1/i2D3. The van der Waals surface area contributed by atoms with Gasteiger partial charge in [0.2, 0.25) is 17.2 Å². The van der Waals surface area contributed by atoms with Crippen LogP contribution in [0.5, 0.6) is 0 Å². The zero-order valence-corrected chi connectivity index (χ0v) is 14.9. The van der Waals surface area contributed by atoms with Crippen LogP contribution in [0.15, 0.2) is 48.7 Å². The Morgan fingerprint density at radius 2 is 1.80 bits per heavy atom. The van der Waals surface area contributed by atoms with Gasteiger partial charge < -0.3 is 4.57 Å². The van der Waals surface area contributed by atoms with Gasteiger partial charge in [-0.25, -0.2) is 4.98 Å². The van der Waals surface area contributed by atoms with Crippen LogP contribution in [-0.2, 0) is 14.1 Å². The number of hydrogen-bond donors (Lipinski definition) is 0. The first-order chi connectivity index (χ1) is 13.2. The van der Waals surface area contributed by atoms with Gasteiger partial charge in [0.05, 0.1) is 5.69 Å². The minimum atomic E-state index is -2.22. The quantitative estimate of drug-likeness (QED) is 0.513. The van der Waals surface area contributed by atoms with Gasteiger partial charge in [-0.15, -0.1) is 0 Å². The first-order valence-corrected chi connectivity index (χ1v) is 8.30. The summed E-state index contributed by atoms with van der Waals surface area (Å²) >= 11 is 0. The molecular formula is C21H23N4+. The summed E-state index contributed by atoms with van der Waals surface area (Å²) in [6.45, 7) is 1.69. The second-order valence-electron chi connectivity index (χ2n) is 6.46. The van der Waals surface area contributed by atoms with Gasteiger partial charge >= 0.3 is 0 Å². The molecule has 25 heavy (non-hydrogen) atoms. The SMILES string of the molecule is [2H]C([2H])([2H])c1nc2n(C)c(-c3cccc(-c4ccccc4C)[n+]3C)cn2c1C. The molecule has 126 valence electrons. The zero-order chi connectivity index (χ0) is 20.2. The lowest BCUT2D eigenvalue weighted by Crippen LogP contribution is -2.34. The number of aryl methyl sites for hydroxylation is 4. The first kappa shape index (κ1) is 12.5. The molecule has 0 radical (unpaired) electrons. The fraction of sp³-hybridized carbons (Fsp3) is 0.238. The molecule has 0 atom stereocenters. The topological polar surface area (TPSA) is 26.1 Å². The average Bonchev–Trinajstić information content (AvgIpc) is 3.13. The number of hydrogen-bond acceptors (Lipinski definition) is 1. The molecule has 0 fully saturated rings. The number of benzene rings is 1. The molecule has 0 N–H and O–H groups in total. The Morgan fingerprint density at radius 3 is 2.52 bits per heavy atom. The third-order valence-corrected chi connectivity index (χ3v) is 4.96. The van der Waals surface area contributed by atoms with Crippen molar-refractivity contribution in [3.8, 4) is 22.6 Å². The normalized spacial score (nSPS) is 13.7. The van der Waals surface area contributed by atoms with E-state index in [1.807, 2.05) is 47.5 Å². The van der Waals surface area contributed by atoms with Gasteiger partial charge in [0.25, 0.3) is 0 Å². The van der Waals surface area contributed by atoms with Gasteiger partial charge in [-0.2, -0.15) is 4.57 Å². The second kappa shape index (κ2) is 5.59. The fourth-order valence-corrected chi connectivity index (χ4v) is 3.42. The molecule has 0 saturated carbocycles. The van der Waals surface area contributed by atoms with Crippen molar-refractivity contribution in [2.45, 2.75) is 20.7 Å². The third kappa shape index (κ3) is 2.29. The van der Waals surface area contributed by atoms with E-state index in [0.717, 1.165) is 17.1 Å². The molecule has 0 aliphatic heterocycles. The Hall–Kier alpha value is -2.88. The number of nitrogens with zero attached hydrogens (tertiary/aromatic N) is 4. The molecule has 4 heteroatoms. The molecule has 0 aliphatic carbocycles. The molecule has 0 unspecified atom stereocenters. The van der Waals surface area contributed by atoms with Gasteiger partial charge in [0, 0.05) is 40.7 Å². The highest BCUT2D eigenvalue weighted by Gasteiger charge is 2.22. The van der Waals surface area contributed by atoms with Crippen molar-refractivity contribution in [1.29, 1.82) is 0 Å². The third-order valence-electron chi connectivity index (χ3n) is 4.96. The van der Waals surface area contributed by atoms with E-state index >= 15 is 0 Å². The molecule has 1 aromatic carbocycles. The van der Waals surface area contributed by atoms with Crippen LogP contribution in [0.2, 0.25) is 0 Å². The number of imidazole rings is 2. The predicted octanol–water partition coefficient (Wildman–Crippen LogP) is 3.76. The Labute approximate surface area is 152 Å². The van der Waals surface area contributed by atoms with Crippen LogP contribution >= 0.6 is 0 Å². The maximum absolute atomic E-state index is 7.69. The largest absolute Gasteiger partial charge is 0.308 e. The highest BCUT2D eigenvalue weighted by Crippen LogP contribution is 2.25. The molecule has 4 rings (SSSR count). The van der Waals surface area contributed by atoms with Crippen molar-refractivity contribution in [2.24, 2.45) is 14.1 Å². The molecule has 4 aromatic rings. The molecule has 0 bridgehead atoms. The minimum Gasteiger partial charge on any atom is -0.308 e. The van der Waals surface area contributed by atoms with E-state index in [2.05, 4.69) is 40.7 Å². The summed E-state index contributed by atoms with van der Waals surface area (Å²) in [5.74, 6) is 0.625. The Morgan fingerprint density at radius 1 is 1.04 bits per heavy atom. The van der Waals surface area contributed by atoms with Crippen molar-refractivity contribution >= 4 is 5.78 Å². The van der Waals surface area contributed by atoms with Crippen LogP contribution in [0.4, 0.5) is 0 Å². The molecule has 3 aromatic heterocycles. The molecule has 4 nitrogen and oxygen atoms in total. The fourth-order valence-electron chi connectivity index (χ4n) is 3.42. The van der Waals surface area contributed by atoms with Gasteiger partial charge in [0.15, 0.2) is 0 Å². The molecule has 0 amide bonds. The summed E-state index contributed by atoms with van der Waals surface area (Å²) < 4.78 is 29.1. The van der Waals surface area contributed by atoms with Crippen molar-refractivity contribution in [3.63, 3.8) is 0 Å². The maximum Gasteiger partial charge on any atom is 0.231 e. The zero-order valence-electron chi connectivity index (χ0n) is 17.9. The summed E-state index contributed by atoms with van der Waals surface area (Å²) in [4.78, 5) is 4.41. The molecule has 3 heterocycles. The van der Waals surface area contributed by atoms with Crippen molar-refractivity contribution in [2.75, 3.05) is 0 Å². The summed E-state index contributed by atoms with van der Waals surface area (Å²) in [5.41, 5.74) is 6.33. The summed E-state index contributed by atoms with van der Waals surface area (Å²) in [7, 11) is 3.97. The molecule has 0 spiro atoms. The minimum absolute atomic E-state index is 0.155. The van der Waals surface area contributed by atoms with Crippen molar-refractivity contribution in [3.05, 3.63) is 65.6 Å². The molecule has 0 aliphatic rings. The lowest BCUT2D eigenvalue weighted by Gasteiger charge is -2.08. The monoisotopic (exact) mass is 334 g/mol. The van der Waals surface area contributed by atoms with E-state index in [4.69, 9.17) is 4.11 Å². The van der Waals surface area contributed by atoms with Crippen molar-refractivity contribution < 1.29 is 8.68 Å². The van der Waals surface area contributed by atoms with Gasteiger partial charge in [-0.1, -0.05) is 18.2 Å². The summed E-state index contributed by atoms with van der Waals surface area (Å²) in [6, 6.07) is 14.5. The Balaban J connectivity index is 1.91. The average molecular weight is 334 g/mol. The smallest absolute Gasteiger partial charge is 0.231 e. The highest BCUT2D eigenvalue weighted by molar-refractivity contribution is 5.64.